The van der Waals surface area contributed by atoms with Gasteiger partial charge in [0, 0.05) is 11.1 Å². The zero-order chi connectivity index (χ0) is 28.3. The molecule has 16 heteroatoms. The molecule has 0 aromatic carbocycles. The molecule has 2 amide bonds. The molecule has 0 aliphatic carbocycles. The Kier molecular flexibility index (Phi) is 9.10. The molecular formula is C23H29N5O8S3. The van der Waals surface area contributed by atoms with Crippen LogP contribution in [0.15, 0.2) is 21.8 Å². The van der Waals surface area contributed by atoms with Crippen LogP contribution in [0, 0.1) is 5.41 Å². The topological polar surface area (TPSA) is 175 Å². The van der Waals surface area contributed by atoms with Crippen LogP contribution in [0.3, 0.4) is 0 Å². The molecule has 4 rings (SSSR count). The predicted octanol–water partition coefficient (Wildman–Crippen LogP) is 1.60. The molecule has 39 heavy (non-hydrogen) atoms. The number of esters is 1. The van der Waals surface area contributed by atoms with E-state index in [-0.39, 0.29) is 34.5 Å². The van der Waals surface area contributed by atoms with Crippen LogP contribution in [0.5, 0.6) is 0 Å². The van der Waals surface area contributed by atoms with Crippen molar-refractivity contribution in [2.24, 2.45) is 10.6 Å². The number of β-lactam (4-membered cyclic amide) rings is 1. The maximum Gasteiger partial charge on any atom is 0.314 e. The van der Waals surface area contributed by atoms with Crippen molar-refractivity contribution in [3.8, 4) is 0 Å². The number of thiazole rings is 1. The van der Waals surface area contributed by atoms with Crippen molar-refractivity contribution in [3.05, 3.63) is 22.3 Å². The lowest BCUT2D eigenvalue weighted by Gasteiger charge is -2.50. The first kappa shape index (κ1) is 29.2. The van der Waals surface area contributed by atoms with Crippen LogP contribution in [0.2, 0.25) is 0 Å². The van der Waals surface area contributed by atoms with Gasteiger partial charge in [-0.15, -0.1) is 23.1 Å². The molecule has 1 aromatic heterocycles. The van der Waals surface area contributed by atoms with Crippen molar-refractivity contribution < 1.29 is 38.5 Å². The van der Waals surface area contributed by atoms with E-state index >= 15 is 0 Å². The van der Waals surface area contributed by atoms with E-state index in [1.54, 1.807) is 20.8 Å². The average Bonchev–Trinajstić information content (AvgIpc) is 3.32. The van der Waals surface area contributed by atoms with Crippen LogP contribution in [-0.2, 0) is 33.3 Å². The Bertz CT molecular complexity index is 1200. The number of nitrogens with two attached hydrogens (primary N) is 1. The molecule has 2 saturated heterocycles. The molecule has 4 heterocycles. The van der Waals surface area contributed by atoms with Crippen molar-refractivity contribution in [2.75, 3.05) is 31.7 Å². The standard InChI is InChI=1S/C23H29N5O8S3/c1-23(2,3)21(31)36-10-35-20(37)16-11(6-12-4-5-33-9-34-12)7-38-19-15(18(30)28(16)19)26-17(29)14(27-32)13-8-39-22(24)25-13/h8,12,15,19,32H,4-7,9-10H2,1-3H3,(H2,24,25)(H,26,29)/b27-14-/t12?,15?,19-/m1/s1. The van der Waals surface area contributed by atoms with E-state index < -0.39 is 41.4 Å². The largest absolute Gasteiger partial charge is 0.445 e. The monoisotopic (exact) mass is 599 g/mol. The minimum Gasteiger partial charge on any atom is -0.445 e. The molecule has 4 N–H and O–H groups in total. The number of hydrogen-bond acceptors (Lipinski definition) is 14. The Morgan fingerprint density at radius 1 is 1.38 bits per heavy atom. The molecule has 0 radical (unpaired) electrons. The van der Waals surface area contributed by atoms with Gasteiger partial charge in [-0.25, -0.2) is 4.98 Å². The van der Waals surface area contributed by atoms with Gasteiger partial charge in [0.2, 0.25) is 11.8 Å². The van der Waals surface area contributed by atoms with E-state index in [1.807, 2.05) is 0 Å². The number of amides is 2. The van der Waals surface area contributed by atoms with E-state index in [0.29, 0.717) is 30.9 Å². The lowest BCUT2D eigenvalue weighted by molar-refractivity contribution is -0.160. The van der Waals surface area contributed by atoms with Crippen molar-refractivity contribution in [1.82, 2.24) is 15.2 Å². The number of oxime groups is 1. The number of aromatic nitrogens is 1. The first-order valence-electron chi connectivity index (χ1n) is 12.0. The number of carbonyl (C=O) groups is 3. The number of carbonyl (C=O) groups excluding carboxylic acids is 3. The molecule has 0 spiro atoms. The number of nitrogen functional groups attached to an aromatic ring is 1. The summed E-state index contributed by atoms with van der Waals surface area (Å²) < 4.78 is 21.7. The van der Waals surface area contributed by atoms with Gasteiger partial charge in [-0.3, -0.25) is 19.3 Å². The van der Waals surface area contributed by atoms with Gasteiger partial charge >= 0.3 is 5.97 Å². The molecule has 212 valence electrons. The molecule has 3 aliphatic rings. The third-order valence-electron chi connectivity index (χ3n) is 6.04. The number of hydrogen-bond donors (Lipinski definition) is 3. The molecule has 1 aromatic rings. The second-order valence-corrected chi connectivity index (χ2v) is 12.2. The summed E-state index contributed by atoms with van der Waals surface area (Å²) in [6, 6.07) is -0.910. The van der Waals surface area contributed by atoms with Crippen LogP contribution >= 0.6 is 35.3 Å². The third-order valence-corrected chi connectivity index (χ3v) is 8.37. The quantitative estimate of drug-likeness (QED) is 0.0750. The summed E-state index contributed by atoms with van der Waals surface area (Å²) in [7, 11) is 0. The maximum absolute atomic E-state index is 13.3. The summed E-state index contributed by atoms with van der Waals surface area (Å²) in [6.07, 6.45) is 1.05. The second kappa shape index (κ2) is 12.2. The van der Waals surface area contributed by atoms with E-state index in [4.69, 9.17) is 36.9 Å². The fourth-order valence-electron chi connectivity index (χ4n) is 4.01. The zero-order valence-electron chi connectivity index (χ0n) is 21.5. The Balaban J connectivity index is 1.49. The first-order valence-corrected chi connectivity index (χ1v) is 14.3. The minimum absolute atomic E-state index is 0.00208. The van der Waals surface area contributed by atoms with Crippen LogP contribution < -0.4 is 11.1 Å². The highest BCUT2D eigenvalue weighted by atomic mass is 32.2. The smallest absolute Gasteiger partial charge is 0.314 e. The van der Waals surface area contributed by atoms with E-state index in [0.717, 1.165) is 16.9 Å². The summed E-state index contributed by atoms with van der Waals surface area (Å²) in [6.45, 7) is 5.48. The molecule has 0 bridgehead atoms. The molecule has 2 fully saturated rings. The number of thioether (sulfide) groups is 1. The summed E-state index contributed by atoms with van der Waals surface area (Å²) in [4.78, 5) is 43.7. The lowest BCUT2D eigenvalue weighted by Crippen LogP contribution is -2.71. The summed E-state index contributed by atoms with van der Waals surface area (Å²) in [5.74, 6) is -1.17. The molecule has 3 aliphatic heterocycles. The Morgan fingerprint density at radius 3 is 2.77 bits per heavy atom. The number of ether oxygens (including phenoxy) is 4. The Labute approximate surface area is 238 Å². The van der Waals surface area contributed by atoms with E-state index in [9.17, 15) is 19.6 Å². The van der Waals surface area contributed by atoms with E-state index in [1.165, 1.54) is 22.0 Å². The highest BCUT2D eigenvalue weighted by Gasteiger charge is 2.54. The van der Waals surface area contributed by atoms with Gasteiger partial charge in [0.1, 0.15) is 23.9 Å². The van der Waals surface area contributed by atoms with Gasteiger partial charge in [-0.05, 0) is 51.4 Å². The minimum atomic E-state index is -0.910. The fourth-order valence-corrected chi connectivity index (χ4v) is 6.21. The average molecular weight is 600 g/mol. The van der Waals surface area contributed by atoms with Gasteiger partial charge < -0.3 is 35.2 Å². The highest BCUT2D eigenvalue weighted by Crippen LogP contribution is 2.42. The predicted molar refractivity (Wildman–Crippen MR) is 146 cm³/mol. The highest BCUT2D eigenvalue weighted by molar-refractivity contribution is 8.00. The molecule has 0 saturated carbocycles. The number of thiocarbonyl (C=S) groups is 1. The number of nitrogens with one attached hydrogen (secondary N) is 1. The van der Waals surface area contributed by atoms with Crippen LogP contribution in [0.4, 0.5) is 5.13 Å². The second-order valence-electron chi connectivity index (χ2n) is 9.87. The lowest BCUT2D eigenvalue weighted by atomic mass is 9.98. The van der Waals surface area contributed by atoms with Crippen molar-refractivity contribution in [3.63, 3.8) is 0 Å². The Morgan fingerprint density at radius 2 is 2.15 bits per heavy atom. The molecule has 2 unspecified atom stereocenters. The fraction of sp³-hybridized carbons (Fsp3) is 0.565. The van der Waals surface area contributed by atoms with Crippen molar-refractivity contribution >= 4 is 69.0 Å². The van der Waals surface area contributed by atoms with Gasteiger partial charge in [0.15, 0.2) is 10.8 Å². The third kappa shape index (κ3) is 6.51. The SMILES string of the molecule is CC(C)(C)C(=O)OCOC(=S)C1=C(CC2CCOCO2)CS[C@@H]2C(NC(=O)/C(=N\O)c3csc(N)n3)C(=O)N12. The van der Waals surface area contributed by atoms with Gasteiger partial charge in [-0.1, -0.05) is 5.16 Å². The summed E-state index contributed by atoms with van der Waals surface area (Å²) >= 11 is 8.06. The van der Waals surface area contributed by atoms with Gasteiger partial charge in [-0.2, -0.15) is 0 Å². The molecule has 3 atom stereocenters. The number of anilines is 1. The van der Waals surface area contributed by atoms with E-state index in [2.05, 4.69) is 15.5 Å². The van der Waals surface area contributed by atoms with Crippen LogP contribution in [0.1, 0.15) is 39.3 Å². The van der Waals surface area contributed by atoms with Crippen molar-refractivity contribution in [2.45, 2.75) is 51.1 Å². The normalized spacial score (nSPS) is 23.6. The van der Waals surface area contributed by atoms with Gasteiger partial charge in [0.05, 0.1) is 23.8 Å². The molecular weight excluding hydrogens is 570 g/mol. The van der Waals surface area contributed by atoms with Gasteiger partial charge in [0.25, 0.3) is 11.8 Å². The number of nitrogens with zero attached hydrogens (tertiary/aromatic N) is 3. The zero-order valence-corrected chi connectivity index (χ0v) is 24.0. The number of fused-ring (bicyclic) bond motifs is 1. The van der Waals surface area contributed by atoms with Crippen LogP contribution in [-0.4, -0.2) is 87.1 Å². The summed E-state index contributed by atoms with van der Waals surface area (Å²) in [5, 5.41) is 16.2. The maximum atomic E-state index is 13.3. The first-order chi connectivity index (χ1) is 18.5. The molecule has 13 nitrogen and oxygen atoms in total. The Hall–Kier alpha value is -2.79. The van der Waals surface area contributed by atoms with Crippen molar-refractivity contribution in [1.29, 1.82) is 0 Å². The van der Waals surface area contributed by atoms with Crippen LogP contribution in [0.25, 0.3) is 0 Å². The summed E-state index contributed by atoms with van der Waals surface area (Å²) in [5.41, 5.74) is 5.87. The number of rotatable bonds is 8.